The summed E-state index contributed by atoms with van der Waals surface area (Å²) in [5, 5.41) is 15.1. The minimum Gasteiger partial charge on any atom is -0.357 e. The van der Waals surface area contributed by atoms with Crippen molar-refractivity contribution in [2.75, 3.05) is 13.1 Å². The summed E-state index contributed by atoms with van der Waals surface area (Å²) in [6, 6.07) is 5.90. The van der Waals surface area contributed by atoms with E-state index in [9.17, 15) is 0 Å². The molecular formula is C18H28N6. The maximum absolute atomic E-state index is 4.65. The number of fused-ring (bicyclic) bond motifs is 1. The Morgan fingerprint density at radius 2 is 2.12 bits per heavy atom. The number of pyridine rings is 1. The molecule has 130 valence electrons. The summed E-state index contributed by atoms with van der Waals surface area (Å²) in [6.07, 6.45) is 10.2. The van der Waals surface area contributed by atoms with Gasteiger partial charge in [-0.2, -0.15) is 0 Å². The molecule has 2 aromatic heterocycles. The number of rotatable bonds is 7. The third-order valence-corrected chi connectivity index (χ3v) is 4.66. The molecule has 1 fully saturated rings. The maximum Gasteiger partial charge on any atom is 0.191 e. The highest BCUT2D eigenvalue weighted by atomic mass is 15.3. The van der Waals surface area contributed by atoms with Gasteiger partial charge in [-0.05, 0) is 37.8 Å². The molecule has 2 N–H and O–H groups in total. The van der Waals surface area contributed by atoms with Crippen LogP contribution in [0.1, 0.15) is 51.3 Å². The SMILES string of the molecule is CCNC(=NCc1nnc2ccccn12)NCCCC1CCCC1. The molecule has 6 heteroatoms. The molecule has 2 heterocycles. The first-order valence-electron chi connectivity index (χ1n) is 9.17. The van der Waals surface area contributed by atoms with Crippen LogP contribution in [0.3, 0.4) is 0 Å². The lowest BCUT2D eigenvalue weighted by atomic mass is 10.0. The van der Waals surface area contributed by atoms with Gasteiger partial charge in [-0.3, -0.25) is 4.40 Å². The molecule has 0 amide bonds. The molecule has 0 unspecified atom stereocenters. The highest BCUT2D eigenvalue weighted by molar-refractivity contribution is 5.79. The second-order valence-electron chi connectivity index (χ2n) is 6.46. The van der Waals surface area contributed by atoms with E-state index in [1.165, 1.54) is 38.5 Å². The predicted molar refractivity (Wildman–Crippen MR) is 97.0 cm³/mol. The molecule has 24 heavy (non-hydrogen) atoms. The standard InChI is InChI=1S/C18H28N6/c1-2-19-18(20-12-7-10-15-8-3-4-9-15)21-14-17-23-22-16-11-5-6-13-24(16)17/h5-6,11,13,15H,2-4,7-10,12,14H2,1H3,(H2,19,20,21). The molecule has 1 saturated carbocycles. The lowest BCUT2D eigenvalue weighted by molar-refractivity contribution is 0.481. The fraction of sp³-hybridized carbons (Fsp3) is 0.611. The van der Waals surface area contributed by atoms with Crippen molar-refractivity contribution in [3.63, 3.8) is 0 Å². The summed E-state index contributed by atoms with van der Waals surface area (Å²) in [5.74, 6) is 2.67. The molecule has 0 bridgehead atoms. The van der Waals surface area contributed by atoms with Crippen molar-refractivity contribution in [3.8, 4) is 0 Å². The average Bonchev–Trinajstić information content (AvgIpc) is 3.26. The van der Waals surface area contributed by atoms with E-state index >= 15 is 0 Å². The van der Waals surface area contributed by atoms with Crippen molar-refractivity contribution in [1.82, 2.24) is 25.2 Å². The molecule has 6 nitrogen and oxygen atoms in total. The zero-order valence-corrected chi connectivity index (χ0v) is 14.5. The van der Waals surface area contributed by atoms with Gasteiger partial charge in [0, 0.05) is 19.3 Å². The first-order valence-corrected chi connectivity index (χ1v) is 9.17. The van der Waals surface area contributed by atoms with Gasteiger partial charge >= 0.3 is 0 Å². The Hall–Kier alpha value is -2.11. The smallest absolute Gasteiger partial charge is 0.191 e. The van der Waals surface area contributed by atoms with E-state index < -0.39 is 0 Å². The topological polar surface area (TPSA) is 66.6 Å². The zero-order chi connectivity index (χ0) is 16.6. The molecule has 2 aromatic rings. The Morgan fingerprint density at radius 1 is 1.25 bits per heavy atom. The minimum absolute atomic E-state index is 0.517. The summed E-state index contributed by atoms with van der Waals surface area (Å²) in [6.45, 7) is 4.43. The predicted octanol–water partition coefficient (Wildman–Crippen LogP) is 2.75. The van der Waals surface area contributed by atoms with Crippen molar-refractivity contribution in [3.05, 3.63) is 30.2 Å². The molecule has 1 aliphatic carbocycles. The molecular weight excluding hydrogens is 300 g/mol. The van der Waals surface area contributed by atoms with Crippen molar-refractivity contribution in [2.45, 2.75) is 52.0 Å². The van der Waals surface area contributed by atoms with E-state index in [4.69, 9.17) is 0 Å². The second kappa shape index (κ2) is 8.66. The normalized spacial score (nSPS) is 16.0. The molecule has 3 rings (SSSR count). The van der Waals surface area contributed by atoms with Crippen LogP contribution < -0.4 is 10.6 Å². The van der Waals surface area contributed by atoms with Gasteiger partial charge < -0.3 is 10.6 Å². The van der Waals surface area contributed by atoms with E-state index in [1.54, 1.807) is 0 Å². The quantitative estimate of drug-likeness (QED) is 0.466. The molecule has 1 aliphatic rings. The van der Waals surface area contributed by atoms with Gasteiger partial charge in [0.1, 0.15) is 6.54 Å². The fourth-order valence-corrected chi connectivity index (χ4v) is 3.39. The van der Waals surface area contributed by atoms with Crippen LogP contribution in [0.5, 0.6) is 0 Å². The Balaban J connectivity index is 1.51. The highest BCUT2D eigenvalue weighted by Crippen LogP contribution is 2.28. The van der Waals surface area contributed by atoms with Gasteiger partial charge in [0.25, 0.3) is 0 Å². The molecule has 0 saturated heterocycles. The number of hydrogen-bond acceptors (Lipinski definition) is 3. The summed E-state index contributed by atoms with van der Waals surface area (Å²) < 4.78 is 1.98. The van der Waals surface area contributed by atoms with Gasteiger partial charge in [-0.25, -0.2) is 4.99 Å². The van der Waals surface area contributed by atoms with Gasteiger partial charge in [-0.1, -0.05) is 31.7 Å². The van der Waals surface area contributed by atoms with Crippen molar-refractivity contribution in [2.24, 2.45) is 10.9 Å². The fourth-order valence-electron chi connectivity index (χ4n) is 3.39. The van der Waals surface area contributed by atoms with Crippen LogP contribution >= 0.6 is 0 Å². The van der Waals surface area contributed by atoms with Crippen LogP contribution in [0.25, 0.3) is 5.65 Å². The van der Waals surface area contributed by atoms with Gasteiger partial charge in [0.05, 0.1) is 0 Å². The summed E-state index contributed by atoms with van der Waals surface area (Å²) >= 11 is 0. The monoisotopic (exact) mass is 328 g/mol. The number of hydrogen-bond donors (Lipinski definition) is 2. The number of nitrogens with zero attached hydrogens (tertiary/aromatic N) is 4. The Labute approximate surface area is 143 Å². The molecule has 0 aromatic carbocycles. The van der Waals surface area contributed by atoms with Crippen LogP contribution in [-0.2, 0) is 6.54 Å². The minimum atomic E-state index is 0.517. The summed E-state index contributed by atoms with van der Waals surface area (Å²) in [4.78, 5) is 4.65. The van der Waals surface area contributed by atoms with Crippen molar-refractivity contribution < 1.29 is 0 Å². The molecule has 0 atom stereocenters. The van der Waals surface area contributed by atoms with Crippen molar-refractivity contribution >= 4 is 11.6 Å². The first kappa shape index (κ1) is 16.7. The molecule has 0 radical (unpaired) electrons. The summed E-state index contributed by atoms with van der Waals surface area (Å²) in [5.41, 5.74) is 0.859. The van der Waals surface area contributed by atoms with E-state index in [2.05, 4.69) is 32.7 Å². The number of nitrogens with one attached hydrogen (secondary N) is 2. The maximum atomic E-state index is 4.65. The lowest BCUT2D eigenvalue weighted by Gasteiger charge is -2.12. The first-order chi connectivity index (χ1) is 11.9. The van der Waals surface area contributed by atoms with Crippen LogP contribution in [0, 0.1) is 5.92 Å². The second-order valence-corrected chi connectivity index (χ2v) is 6.46. The van der Waals surface area contributed by atoms with Crippen LogP contribution in [0.4, 0.5) is 0 Å². The number of aliphatic imine (C=N–C) groups is 1. The third kappa shape index (κ3) is 4.46. The van der Waals surface area contributed by atoms with Gasteiger partial charge in [-0.15, -0.1) is 10.2 Å². The number of guanidine groups is 1. The highest BCUT2D eigenvalue weighted by Gasteiger charge is 2.14. The van der Waals surface area contributed by atoms with Crippen LogP contribution in [0.15, 0.2) is 29.4 Å². The Bertz CT molecular complexity index is 656. The third-order valence-electron chi connectivity index (χ3n) is 4.66. The Morgan fingerprint density at radius 3 is 2.96 bits per heavy atom. The van der Waals surface area contributed by atoms with Gasteiger partial charge in [0.2, 0.25) is 0 Å². The van der Waals surface area contributed by atoms with Crippen molar-refractivity contribution in [1.29, 1.82) is 0 Å². The summed E-state index contributed by atoms with van der Waals surface area (Å²) in [7, 11) is 0. The zero-order valence-electron chi connectivity index (χ0n) is 14.5. The molecule has 0 spiro atoms. The van der Waals surface area contributed by atoms with Crippen LogP contribution in [0.2, 0.25) is 0 Å². The Kier molecular flexibility index (Phi) is 6.04. The van der Waals surface area contributed by atoms with E-state index in [0.29, 0.717) is 6.54 Å². The number of aromatic nitrogens is 3. The van der Waals surface area contributed by atoms with Crippen LogP contribution in [-0.4, -0.2) is 33.6 Å². The molecule has 0 aliphatic heterocycles. The van der Waals surface area contributed by atoms with E-state index in [0.717, 1.165) is 36.4 Å². The van der Waals surface area contributed by atoms with E-state index in [-0.39, 0.29) is 0 Å². The average molecular weight is 328 g/mol. The van der Waals surface area contributed by atoms with Gasteiger partial charge in [0.15, 0.2) is 17.4 Å². The van der Waals surface area contributed by atoms with E-state index in [1.807, 2.05) is 28.8 Å². The largest absolute Gasteiger partial charge is 0.357 e. The lowest BCUT2D eigenvalue weighted by Crippen LogP contribution is -2.37.